The Morgan fingerprint density at radius 1 is 0.536 bits per heavy atom. The van der Waals surface area contributed by atoms with E-state index in [-0.39, 0.29) is 35.7 Å². The fourth-order valence-electron chi connectivity index (χ4n) is 8.47. The molecule has 0 spiro atoms. The van der Waals surface area contributed by atoms with Crippen molar-refractivity contribution in [1.82, 2.24) is 10.6 Å². The molecule has 6 aromatic rings. The molecule has 0 saturated carbocycles. The minimum absolute atomic E-state index is 0.0508. The van der Waals surface area contributed by atoms with E-state index >= 15 is 0 Å². The van der Waals surface area contributed by atoms with E-state index in [9.17, 15) is 34.2 Å². The average molecular weight is 744 g/mol. The number of carboxylic acids is 2. The molecule has 0 radical (unpaired) electrons. The highest BCUT2D eigenvalue weighted by molar-refractivity contribution is 6.02. The van der Waals surface area contributed by atoms with Crippen LogP contribution in [-0.2, 0) is 27.3 Å². The van der Waals surface area contributed by atoms with Crippen LogP contribution in [0.3, 0.4) is 0 Å². The minimum atomic E-state index is -1.37. The molecule has 6 aromatic carbocycles. The molecule has 0 fully saturated rings. The van der Waals surface area contributed by atoms with Gasteiger partial charge in [0, 0.05) is 30.5 Å². The number of aromatic carboxylic acids is 2. The van der Waals surface area contributed by atoms with Gasteiger partial charge in [0.05, 0.1) is 23.0 Å². The van der Waals surface area contributed by atoms with Crippen molar-refractivity contribution in [2.75, 3.05) is 5.32 Å². The highest BCUT2D eigenvalue weighted by Crippen LogP contribution is 2.58. The van der Waals surface area contributed by atoms with Crippen LogP contribution in [0.15, 0.2) is 140 Å². The second kappa shape index (κ2) is 15.0. The standard InChI is InChI=1S/C46H37N3O7/c50-42(48-32-23-30(45(53)54)22-31(24-32)46(55)56)37(21-26-10-2-1-3-11-26)49-44(52)41-39-35-16-8-6-14-33(35)38(34-15-7-9-17-36(34)39)40(41)43(51)47-25-27-18-19-28-12-4-5-13-29(28)20-27/h1-20,22-24,37-41H,21,25H2,(H,47,51)(H,48,50)(H,49,52)(H,53,54)(H,55,56). The van der Waals surface area contributed by atoms with Crippen molar-refractivity contribution in [3.05, 3.63) is 184 Å². The van der Waals surface area contributed by atoms with Gasteiger partial charge in [-0.05, 0) is 68.4 Å². The third kappa shape index (κ3) is 6.88. The lowest BCUT2D eigenvalue weighted by atomic mass is 9.53. The Morgan fingerprint density at radius 3 is 1.62 bits per heavy atom. The number of hydrogen-bond donors (Lipinski definition) is 5. The van der Waals surface area contributed by atoms with Crippen molar-refractivity contribution in [2.45, 2.75) is 30.8 Å². The van der Waals surface area contributed by atoms with Crippen LogP contribution in [0.5, 0.6) is 0 Å². The van der Waals surface area contributed by atoms with E-state index in [0.717, 1.165) is 62.4 Å². The fourth-order valence-corrected chi connectivity index (χ4v) is 8.47. The Morgan fingerprint density at radius 2 is 1.05 bits per heavy atom. The van der Waals surface area contributed by atoms with E-state index in [1.807, 2.05) is 121 Å². The molecule has 2 bridgehead atoms. The Balaban J connectivity index is 1.15. The van der Waals surface area contributed by atoms with Crippen molar-refractivity contribution in [1.29, 1.82) is 0 Å². The number of benzene rings is 6. The van der Waals surface area contributed by atoms with E-state index in [1.165, 1.54) is 0 Å². The second-order valence-electron chi connectivity index (χ2n) is 14.3. The maximum Gasteiger partial charge on any atom is 0.335 e. The number of fused-ring (bicyclic) bond motifs is 2. The van der Waals surface area contributed by atoms with Crippen LogP contribution in [0.1, 0.15) is 65.9 Å². The molecular formula is C46H37N3O7. The number of anilines is 1. The summed E-state index contributed by atoms with van der Waals surface area (Å²) in [7, 11) is 0. The van der Waals surface area contributed by atoms with Gasteiger partial charge >= 0.3 is 11.9 Å². The number of carbonyl (C=O) groups excluding carboxylic acids is 3. The van der Waals surface area contributed by atoms with E-state index in [2.05, 4.69) is 16.0 Å². The first-order valence-electron chi connectivity index (χ1n) is 18.4. The lowest BCUT2D eigenvalue weighted by Crippen LogP contribution is -2.55. The smallest absolute Gasteiger partial charge is 0.335 e. The molecule has 3 atom stereocenters. The summed E-state index contributed by atoms with van der Waals surface area (Å²) >= 11 is 0. The lowest BCUT2D eigenvalue weighted by molar-refractivity contribution is -0.138. The Kier molecular flexibility index (Phi) is 9.62. The summed E-state index contributed by atoms with van der Waals surface area (Å²) in [6, 6.07) is 41.0. The van der Waals surface area contributed by atoms with E-state index in [4.69, 9.17) is 0 Å². The first-order valence-corrected chi connectivity index (χ1v) is 18.4. The minimum Gasteiger partial charge on any atom is -0.478 e. The molecule has 0 heterocycles. The van der Waals surface area contributed by atoms with E-state index < -0.39 is 53.5 Å². The van der Waals surface area contributed by atoms with Gasteiger partial charge in [-0.25, -0.2) is 9.59 Å². The average Bonchev–Trinajstić information content (AvgIpc) is 3.22. The van der Waals surface area contributed by atoms with Crippen LogP contribution in [0.25, 0.3) is 10.8 Å². The third-order valence-electron chi connectivity index (χ3n) is 10.9. The predicted octanol–water partition coefficient (Wildman–Crippen LogP) is 6.74. The van der Waals surface area contributed by atoms with Crippen LogP contribution in [0.4, 0.5) is 5.69 Å². The molecule has 0 aromatic heterocycles. The van der Waals surface area contributed by atoms with Crippen LogP contribution in [0.2, 0.25) is 0 Å². The van der Waals surface area contributed by atoms with Gasteiger partial charge in [0.1, 0.15) is 6.04 Å². The van der Waals surface area contributed by atoms with Crippen molar-refractivity contribution in [3.8, 4) is 0 Å². The topological polar surface area (TPSA) is 162 Å². The van der Waals surface area contributed by atoms with Gasteiger partial charge in [0.25, 0.3) is 0 Å². The number of hydrogen-bond acceptors (Lipinski definition) is 5. The van der Waals surface area contributed by atoms with Crippen molar-refractivity contribution in [2.24, 2.45) is 11.8 Å². The summed E-state index contributed by atoms with van der Waals surface area (Å²) in [6.07, 6.45) is 0.0651. The number of rotatable bonds is 11. The number of nitrogens with one attached hydrogen (secondary N) is 3. The monoisotopic (exact) mass is 743 g/mol. The first kappa shape index (κ1) is 35.9. The molecule has 5 N–H and O–H groups in total. The number of carboxylic acid groups (broad SMARTS) is 2. The van der Waals surface area contributed by atoms with Gasteiger partial charge in [-0.3, -0.25) is 14.4 Å². The third-order valence-corrected chi connectivity index (χ3v) is 10.9. The fraction of sp³-hybridized carbons (Fsp3) is 0.152. The molecule has 278 valence electrons. The lowest BCUT2D eigenvalue weighted by Gasteiger charge is -2.49. The zero-order valence-corrected chi connectivity index (χ0v) is 30.0. The molecule has 3 aliphatic rings. The van der Waals surface area contributed by atoms with Crippen molar-refractivity contribution >= 4 is 46.1 Å². The summed E-state index contributed by atoms with van der Waals surface area (Å²) in [5.74, 6) is -6.84. The Bertz CT molecular complexity index is 2450. The van der Waals surface area contributed by atoms with E-state index in [1.54, 1.807) is 0 Å². The zero-order chi connectivity index (χ0) is 38.9. The maximum atomic E-state index is 15.0. The largest absolute Gasteiger partial charge is 0.478 e. The van der Waals surface area contributed by atoms with Crippen molar-refractivity contribution < 1.29 is 34.2 Å². The second-order valence-corrected chi connectivity index (χ2v) is 14.3. The normalized spacial score (nSPS) is 18.2. The van der Waals surface area contributed by atoms with Crippen LogP contribution < -0.4 is 16.0 Å². The SMILES string of the molecule is O=C(O)c1cc(NC(=O)C(Cc2ccccc2)NC(=O)C2C3c4ccccc4C(c4ccccc43)C2C(=O)NCc2ccc3ccccc3c2)cc(C(=O)O)c1. The molecule has 10 nitrogen and oxygen atoms in total. The predicted molar refractivity (Wildman–Crippen MR) is 210 cm³/mol. The molecule has 10 heteroatoms. The van der Waals surface area contributed by atoms with Gasteiger partial charge in [-0.2, -0.15) is 0 Å². The number of amides is 3. The van der Waals surface area contributed by atoms with Gasteiger partial charge in [0.15, 0.2) is 0 Å². The summed E-state index contributed by atoms with van der Waals surface area (Å²) in [4.78, 5) is 67.3. The molecule has 3 unspecified atom stereocenters. The highest BCUT2D eigenvalue weighted by atomic mass is 16.4. The van der Waals surface area contributed by atoms with Crippen LogP contribution in [-0.4, -0.2) is 45.9 Å². The highest BCUT2D eigenvalue weighted by Gasteiger charge is 2.55. The van der Waals surface area contributed by atoms with Crippen molar-refractivity contribution in [3.63, 3.8) is 0 Å². The molecule has 0 aliphatic heterocycles. The molecular weight excluding hydrogens is 707 g/mol. The number of carbonyl (C=O) groups is 5. The van der Waals surface area contributed by atoms with Gasteiger partial charge in [-0.1, -0.05) is 115 Å². The first-order chi connectivity index (χ1) is 27.2. The van der Waals surface area contributed by atoms with Gasteiger partial charge in [0.2, 0.25) is 17.7 Å². The summed E-state index contributed by atoms with van der Waals surface area (Å²) in [6.45, 7) is 0.252. The molecule has 56 heavy (non-hydrogen) atoms. The zero-order valence-electron chi connectivity index (χ0n) is 30.0. The summed E-state index contributed by atoms with van der Waals surface area (Å²) in [5.41, 5.74) is 4.83. The maximum absolute atomic E-state index is 15.0. The Hall–Kier alpha value is -7.07. The summed E-state index contributed by atoms with van der Waals surface area (Å²) < 4.78 is 0. The molecule has 9 rings (SSSR count). The molecule has 0 saturated heterocycles. The van der Waals surface area contributed by atoms with E-state index in [0.29, 0.717) is 0 Å². The van der Waals surface area contributed by atoms with Gasteiger partial charge < -0.3 is 26.2 Å². The molecule has 3 amide bonds. The van der Waals surface area contributed by atoms with Crippen LogP contribution in [0, 0.1) is 11.8 Å². The van der Waals surface area contributed by atoms with Gasteiger partial charge in [-0.15, -0.1) is 0 Å². The molecule has 3 aliphatic carbocycles. The summed E-state index contributed by atoms with van der Waals surface area (Å²) in [5, 5.41) is 30.2. The Labute approximate surface area is 322 Å². The quantitative estimate of drug-likeness (QED) is 0.0982. The van der Waals surface area contributed by atoms with Crippen LogP contribution >= 0.6 is 0 Å².